The molecule has 9 nitrogen and oxygen atoms in total. The fourth-order valence-electron chi connectivity index (χ4n) is 3.69. The number of benzene rings is 1. The maximum Gasteiger partial charge on any atom is 0.336 e. The highest BCUT2D eigenvalue weighted by molar-refractivity contribution is 7.14. The molecule has 0 saturated heterocycles. The summed E-state index contributed by atoms with van der Waals surface area (Å²) in [5.74, 6) is -2.43. The third-order valence-electron chi connectivity index (χ3n) is 5.02. The van der Waals surface area contributed by atoms with Crippen molar-refractivity contribution in [2.24, 2.45) is 5.73 Å². The van der Waals surface area contributed by atoms with E-state index in [0.717, 1.165) is 0 Å². The van der Waals surface area contributed by atoms with Crippen LogP contribution in [0.2, 0.25) is 0 Å². The Kier molecular flexibility index (Phi) is 7.49. The molecule has 1 amide bonds. The van der Waals surface area contributed by atoms with Crippen molar-refractivity contribution in [2.75, 3.05) is 18.5 Å². The monoisotopic (exact) mass is 470 g/mol. The second kappa shape index (κ2) is 10.3. The van der Waals surface area contributed by atoms with Crippen LogP contribution in [0.3, 0.4) is 0 Å². The van der Waals surface area contributed by atoms with Gasteiger partial charge in [0.25, 0.3) is 5.91 Å². The molecule has 2 aromatic rings. The minimum atomic E-state index is -0.747. The summed E-state index contributed by atoms with van der Waals surface area (Å²) < 4.78 is 10.6. The zero-order valence-corrected chi connectivity index (χ0v) is 19.7. The van der Waals surface area contributed by atoms with E-state index in [9.17, 15) is 14.4 Å². The molecule has 2 heterocycles. The number of para-hydroxylation sites is 1. The first kappa shape index (κ1) is 24.0. The summed E-state index contributed by atoms with van der Waals surface area (Å²) in [4.78, 5) is 41.6. The summed E-state index contributed by atoms with van der Waals surface area (Å²) in [6.45, 7) is 7.35. The van der Waals surface area contributed by atoms with Crippen molar-refractivity contribution in [2.45, 2.75) is 33.6 Å². The molecule has 1 aromatic heterocycles. The van der Waals surface area contributed by atoms with E-state index in [4.69, 9.17) is 15.2 Å². The van der Waals surface area contributed by atoms with Gasteiger partial charge in [-0.25, -0.2) is 14.6 Å². The third-order valence-corrected chi connectivity index (χ3v) is 5.78. The highest BCUT2D eigenvalue weighted by atomic mass is 32.1. The Hall–Kier alpha value is -3.66. The van der Waals surface area contributed by atoms with Crippen LogP contribution in [-0.4, -0.2) is 36.0 Å². The Balaban J connectivity index is 2.15. The maximum absolute atomic E-state index is 13.0. The number of hydrogen-bond donors (Lipinski definition) is 3. The van der Waals surface area contributed by atoms with E-state index in [1.807, 2.05) is 18.2 Å². The smallest absolute Gasteiger partial charge is 0.336 e. The molecule has 3 rings (SSSR count). The Bertz CT molecular complexity index is 1110. The van der Waals surface area contributed by atoms with Crippen molar-refractivity contribution in [3.8, 4) is 0 Å². The molecule has 33 heavy (non-hydrogen) atoms. The SMILES string of the molecule is CCOC(=O)C1=C(C)NC(C)=C(C(=O)OCC)C1c1ccccc1Nc1nc(C(N)=O)cs1. The Labute approximate surface area is 195 Å². The number of nitrogens with zero attached hydrogens (tertiary/aromatic N) is 1. The molecule has 0 fully saturated rings. The largest absolute Gasteiger partial charge is 0.463 e. The van der Waals surface area contributed by atoms with E-state index < -0.39 is 23.8 Å². The second-order valence-corrected chi connectivity index (χ2v) is 8.05. The molecule has 10 heteroatoms. The van der Waals surface area contributed by atoms with E-state index >= 15 is 0 Å². The van der Waals surface area contributed by atoms with Crippen LogP contribution in [0.1, 0.15) is 49.7 Å². The highest BCUT2D eigenvalue weighted by Gasteiger charge is 2.39. The number of amides is 1. The van der Waals surface area contributed by atoms with Gasteiger partial charge >= 0.3 is 11.9 Å². The molecule has 0 bridgehead atoms. The fourth-order valence-corrected chi connectivity index (χ4v) is 4.40. The number of aromatic nitrogens is 1. The second-order valence-electron chi connectivity index (χ2n) is 7.19. The van der Waals surface area contributed by atoms with Gasteiger partial charge < -0.3 is 25.8 Å². The first-order chi connectivity index (χ1) is 15.8. The molecular weight excluding hydrogens is 444 g/mol. The average Bonchev–Trinajstić information content (AvgIpc) is 3.23. The van der Waals surface area contributed by atoms with Crippen molar-refractivity contribution in [3.05, 3.63) is 63.4 Å². The highest BCUT2D eigenvalue weighted by Crippen LogP contribution is 2.42. The summed E-state index contributed by atoms with van der Waals surface area (Å²) in [5.41, 5.74) is 8.53. The number of carbonyl (C=O) groups is 3. The lowest BCUT2D eigenvalue weighted by atomic mass is 9.79. The van der Waals surface area contributed by atoms with Crippen LogP contribution in [0.5, 0.6) is 0 Å². The average molecular weight is 471 g/mol. The predicted octanol–water partition coefficient (Wildman–Crippen LogP) is 3.35. The van der Waals surface area contributed by atoms with Crippen molar-refractivity contribution in [1.82, 2.24) is 10.3 Å². The van der Waals surface area contributed by atoms with Gasteiger partial charge in [0.15, 0.2) is 5.13 Å². The quantitative estimate of drug-likeness (QED) is 0.500. The number of carbonyl (C=O) groups excluding carboxylic acids is 3. The van der Waals surface area contributed by atoms with Gasteiger partial charge in [-0.15, -0.1) is 11.3 Å². The number of esters is 2. The number of rotatable bonds is 8. The molecule has 1 aliphatic rings. The van der Waals surface area contributed by atoms with Crippen LogP contribution in [0.15, 0.2) is 52.2 Å². The van der Waals surface area contributed by atoms with E-state index in [1.54, 1.807) is 39.1 Å². The molecule has 0 radical (unpaired) electrons. The van der Waals surface area contributed by atoms with Crippen molar-refractivity contribution >= 4 is 40.0 Å². The van der Waals surface area contributed by atoms with Crippen molar-refractivity contribution in [3.63, 3.8) is 0 Å². The molecule has 0 atom stereocenters. The number of allylic oxidation sites excluding steroid dienone is 2. The van der Waals surface area contributed by atoms with Crippen LogP contribution < -0.4 is 16.4 Å². The standard InChI is InChI=1S/C23H26N4O5S/c1-5-31-21(29)17-12(3)25-13(4)18(22(30)32-6-2)19(17)14-9-7-8-10-15(14)26-23-27-16(11-33-23)20(24)28/h7-11,19,25H,5-6H2,1-4H3,(H2,24,28)(H,26,27). The molecular formula is C23H26N4O5S. The molecule has 0 spiro atoms. The molecule has 0 aliphatic carbocycles. The molecule has 0 unspecified atom stereocenters. The zero-order chi connectivity index (χ0) is 24.1. The summed E-state index contributed by atoms with van der Waals surface area (Å²) >= 11 is 1.22. The van der Waals surface area contributed by atoms with E-state index in [0.29, 0.717) is 38.9 Å². The van der Waals surface area contributed by atoms with Crippen LogP contribution in [-0.2, 0) is 19.1 Å². The first-order valence-electron chi connectivity index (χ1n) is 10.4. The molecule has 4 N–H and O–H groups in total. The minimum Gasteiger partial charge on any atom is -0.463 e. The normalized spacial score (nSPS) is 14.1. The Morgan fingerprint density at radius 3 is 2.15 bits per heavy atom. The van der Waals surface area contributed by atoms with Gasteiger partial charge in [0.05, 0.1) is 30.3 Å². The number of ether oxygens (including phenoxy) is 2. The summed E-state index contributed by atoms with van der Waals surface area (Å²) in [6.07, 6.45) is 0. The predicted molar refractivity (Wildman–Crippen MR) is 125 cm³/mol. The summed E-state index contributed by atoms with van der Waals surface area (Å²) in [6, 6.07) is 7.25. The fraction of sp³-hybridized carbons (Fsp3) is 0.304. The minimum absolute atomic E-state index is 0.146. The van der Waals surface area contributed by atoms with Gasteiger partial charge in [-0.1, -0.05) is 18.2 Å². The van der Waals surface area contributed by atoms with Crippen molar-refractivity contribution < 1.29 is 23.9 Å². The Morgan fingerprint density at radius 1 is 1.06 bits per heavy atom. The lowest BCUT2D eigenvalue weighted by Crippen LogP contribution is -2.32. The number of anilines is 2. The molecule has 0 saturated carbocycles. The Morgan fingerprint density at radius 2 is 1.64 bits per heavy atom. The van der Waals surface area contributed by atoms with E-state index in [2.05, 4.69) is 15.6 Å². The maximum atomic E-state index is 13.0. The molecule has 1 aliphatic heterocycles. The van der Waals surface area contributed by atoms with Gasteiger partial charge in [-0.3, -0.25) is 4.79 Å². The summed E-state index contributed by atoms with van der Waals surface area (Å²) in [5, 5.41) is 8.31. The zero-order valence-electron chi connectivity index (χ0n) is 18.9. The summed E-state index contributed by atoms with van der Waals surface area (Å²) in [7, 11) is 0. The van der Waals surface area contributed by atoms with E-state index in [1.165, 1.54) is 11.3 Å². The van der Waals surface area contributed by atoms with Crippen LogP contribution in [0.25, 0.3) is 0 Å². The number of dihydropyridines is 1. The number of nitrogens with two attached hydrogens (primary N) is 1. The number of hydrogen-bond acceptors (Lipinski definition) is 9. The topological polar surface area (TPSA) is 133 Å². The van der Waals surface area contributed by atoms with Crippen LogP contribution >= 0.6 is 11.3 Å². The van der Waals surface area contributed by atoms with Crippen LogP contribution in [0, 0.1) is 0 Å². The van der Waals surface area contributed by atoms with Gasteiger partial charge in [0.1, 0.15) is 5.69 Å². The third kappa shape index (κ3) is 5.06. The number of nitrogens with one attached hydrogen (secondary N) is 2. The number of primary amides is 1. The van der Waals surface area contributed by atoms with E-state index in [-0.39, 0.29) is 18.9 Å². The first-order valence-corrected chi connectivity index (χ1v) is 11.3. The van der Waals surface area contributed by atoms with Gasteiger partial charge in [-0.2, -0.15) is 0 Å². The molecule has 1 aromatic carbocycles. The lowest BCUT2D eigenvalue weighted by molar-refractivity contribution is -0.139. The van der Waals surface area contributed by atoms with Crippen LogP contribution in [0.4, 0.5) is 10.8 Å². The van der Waals surface area contributed by atoms with Gasteiger partial charge in [0.2, 0.25) is 0 Å². The molecule has 174 valence electrons. The lowest BCUT2D eigenvalue weighted by Gasteiger charge is -2.31. The van der Waals surface area contributed by atoms with Crippen molar-refractivity contribution in [1.29, 1.82) is 0 Å². The van der Waals surface area contributed by atoms with Gasteiger partial charge in [-0.05, 0) is 39.3 Å². The van der Waals surface area contributed by atoms with Gasteiger partial charge in [0, 0.05) is 22.5 Å². The number of thiazole rings is 1.